The van der Waals surface area contributed by atoms with E-state index in [-0.39, 0.29) is 56.8 Å². The first-order valence-electron chi connectivity index (χ1n) is 34.2. The summed E-state index contributed by atoms with van der Waals surface area (Å²) in [6.07, 6.45) is -3.73. The number of rotatable bonds is 15. The molecule has 9 atom stereocenters. The molecule has 28 heteroatoms. The van der Waals surface area contributed by atoms with E-state index in [2.05, 4.69) is 21.3 Å². The van der Waals surface area contributed by atoms with Crippen LogP contribution in [0.25, 0.3) is 0 Å². The Labute approximate surface area is 590 Å². The molecular formula is C72H102ClF3N12O12. The minimum atomic E-state index is -4.65. The number of hydrogen-bond donors (Lipinski definition) is 4. The third-order valence-electron chi connectivity index (χ3n) is 18.8. The number of likely N-dealkylation sites (tertiary alicyclic amines) is 1. The number of aryl methyl sites for hydroxylation is 2. The van der Waals surface area contributed by atoms with Crippen molar-refractivity contribution in [3.8, 4) is 0 Å². The molecule has 100 heavy (non-hydrogen) atoms. The first-order valence-corrected chi connectivity index (χ1v) is 34.5. The molecule has 0 spiro atoms. The maximum absolute atomic E-state index is 15.5. The molecule has 550 valence electrons. The van der Waals surface area contributed by atoms with Crippen LogP contribution in [0.1, 0.15) is 122 Å². The molecular weight excluding hydrogens is 1320 g/mol. The Morgan fingerprint density at radius 1 is 0.530 bits per heavy atom. The lowest BCUT2D eigenvalue weighted by Gasteiger charge is -2.37. The van der Waals surface area contributed by atoms with Crippen LogP contribution in [0.15, 0.2) is 78.9 Å². The molecule has 1 unspecified atom stereocenters. The number of nitrogens with zero attached hydrogens (tertiary/aromatic N) is 8. The van der Waals surface area contributed by atoms with E-state index in [1.54, 1.807) is 52.0 Å². The van der Waals surface area contributed by atoms with Crippen molar-refractivity contribution < 1.29 is 70.7 Å². The molecule has 2 aliphatic rings. The average molecular weight is 1420 g/mol. The summed E-state index contributed by atoms with van der Waals surface area (Å²) >= 11 is 6.22. The van der Waals surface area contributed by atoms with Crippen molar-refractivity contribution in [2.45, 2.75) is 174 Å². The second kappa shape index (κ2) is 37.7. The summed E-state index contributed by atoms with van der Waals surface area (Å²) in [6.45, 7) is 11.0. The number of amides is 12. The molecule has 4 N–H and O–H groups in total. The van der Waals surface area contributed by atoms with Gasteiger partial charge in [-0.1, -0.05) is 114 Å². The zero-order valence-electron chi connectivity index (χ0n) is 60.2. The molecule has 2 saturated heterocycles. The van der Waals surface area contributed by atoms with Gasteiger partial charge in [-0.15, -0.1) is 0 Å². The van der Waals surface area contributed by atoms with Gasteiger partial charge in [0, 0.05) is 73.9 Å². The predicted molar refractivity (Wildman–Crippen MR) is 371 cm³/mol. The van der Waals surface area contributed by atoms with Gasteiger partial charge < -0.3 is 60.5 Å². The number of alkyl halides is 3. The zero-order chi connectivity index (χ0) is 74.6. The highest BCUT2D eigenvalue weighted by atomic mass is 35.5. The molecule has 2 aliphatic heterocycles. The number of likely N-dealkylation sites (N-methyl/N-ethyl adjacent to an activating group) is 7. The van der Waals surface area contributed by atoms with Gasteiger partial charge in [0.1, 0.15) is 48.3 Å². The van der Waals surface area contributed by atoms with Gasteiger partial charge in [0.05, 0.1) is 31.6 Å². The summed E-state index contributed by atoms with van der Waals surface area (Å²) in [5.41, 5.74) is 0.787. The monoisotopic (exact) mass is 1420 g/mol. The molecule has 3 aromatic carbocycles. The summed E-state index contributed by atoms with van der Waals surface area (Å²) in [5.74, 6) is -10.00. The highest BCUT2D eigenvalue weighted by Gasteiger charge is 2.42. The van der Waals surface area contributed by atoms with Gasteiger partial charge in [-0.2, -0.15) is 13.2 Å². The van der Waals surface area contributed by atoms with Crippen LogP contribution in [0, 0.1) is 17.8 Å². The Morgan fingerprint density at radius 2 is 1.08 bits per heavy atom. The van der Waals surface area contributed by atoms with Crippen LogP contribution < -0.4 is 21.3 Å². The third kappa shape index (κ3) is 23.5. The van der Waals surface area contributed by atoms with E-state index in [9.17, 15) is 56.3 Å². The van der Waals surface area contributed by atoms with E-state index in [0.29, 0.717) is 48.5 Å². The van der Waals surface area contributed by atoms with Crippen molar-refractivity contribution in [3.63, 3.8) is 0 Å². The van der Waals surface area contributed by atoms with Crippen molar-refractivity contribution in [2.75, 3.05) is 82.1 Å². The minimum Gasteiger partial charge on any atom is -0.343 e. The van der Waals surface area contributed by atoms with Gasteiger partial charge in [-0.3, -0.25) is 57.5 Å². The van der Waals surface area contributed by atoms with E-state index >= 15 is 14.4 Å². The SMILES string of the molecule is CC[C@H](C)[C@@H]1NC(=O)[C@H](C)N(C)C(=O)CC(C(=O)N2CCCC2)NC(=O)[C@H](CC(C)C)N(C)C(=O)[C@H](CCc2ccccc2)N(C)C(=O)[C@H](CC(C)C)NC(=O)[C@H](CCc2ccc(C(F)(F)F)cc2)NC(=O)CN(C)C(=O)[C@H](Cc2ccc(Cl)cc2)N(C)C(=O)CN(C)C(=O)CN(C)C1=O. The number of hydrogen-bond acceptors (Lipinski definition) is 12. The number of nitrogens with one attached hydrogen (secondary N) is 4. The van der Waals surface area contributed by atoms with Crippen LogP contribution in [0.5, 0.6) is 0 Å². The molecule has 5 rings (SSSR count). The lowest BCUT2D eigenvalue weighted by atomic mass is 9.97. The first-order chi connectivity index (χ1) is 46.9. The van der Waals surface area contributed by atoms with Crippen LogP contribution in [0.4, 0.5) is 13.2 Å². The van der Waals surface area contributed by atoms with Crippen molar-refractivity contribution in [1.82, 2.24) is 60.5 Å². The van der Waals surface area contributed by atoms with E-state index in [1.807, 2.05) is 44.2 Å². The van der Waals surface area contributed by atoms with E-state index in [1.165, 1.54) is 83.1 Å². The van der Waals surface area contributed by atoms with E-state index in [0.717, 1.165) is 42.2 Å². The van der Waals surface area contributed by atoms with Gasteiger partial charge in [0.2, 0.25) is 70.9 Å². The first kappa shape index (κ1) is 82.1. The maximum Gasteiger partial charge on any atom is 0.416 e. The van der Waals surface area contributed by atoms with Crippen molar-refractivity contribution >= 4 is 82.5 Å². The largest absolute Gasteiger partial charge is 0.416 e. The van der Waals surface area contributed by atoms with Crippen LogP contribution >= 0.6 is 11.6 Å². The van der Waals surface area contributed by atoms with Crippen molar-refractivity contribution in [1.29, 1.82) is 0 Å². The minimum absolute atomic E-state index is 0.00129. The Balaban J connectivity index is 1.64. The fraction of sp³-hybridized carbons (Fsp3) is 0.583. The van der Waals surface area contributed by atoms with Gasteiger partial charge in [-0.05, 0) is 117 Å². The fourth-order valence-corrected chi connectivity index (χ4v) is 12.2. The molecule has 0 radical (unpaired) electrons. The van der Waals surface area contributed by atoms with Crippen LogP contribution in [-0.4, -0.2) is 240 Å². The molecule has 0 aromatic heterocycles. The van der Waals surface area contributed by atoms with Gasteiger partial charge >= 0.3 is 6.18 Å². The molecule has 12 amide bonds. The zero-order valence-corrected chi connectivity index (χ0v) is 60.9. The van der Waals surface area contributed by atoms with Crippen LogP contribution in [0.3, 0.4) is 0 Å². The second-order valence-corrected chi connectivity index (χ2v) is 27.9. The Morgan fingerprint density at radius 3 is 1.66 bits per heavy atom. The average Bonchev–Trinajstić information content (AvgIpc) is 0.879. The van der Waals surface area contributed by atoms with Gasteiger partial charge in [0.25, 0.3) is 0 Å². The standard InChI is InChI=1S/C72H102ClF3N12O12/c1-15-46(6)63-71(100)83(10)42-61(91)81(8)43-62(92)85(12)58(39-50-25-31-52(73)32-26-50)69(98)82(9)41-59(89)77-53(33-27-49-23-29-51(30-24-49)72(74,75)76)65(94)78-54(37-44(2)3)67(96)86(13)56(34-28-48-21-17-16-18-22-48)70(99)87(14)57(38-45(4)5)66(95)79-55(68(97)88-35-19-20-36-88)40-60(90)84(11)47(7)64(93)80-63/h16-18,21-26,29-32,44-47,53-58,63H,15,19-20,27-28,33-43H2,1-14H3,(H,77,89)(H,78,94)(H,79,95)(H,80,93)/t46-,47-,53-,54-,55?,56-,57-,58-,63-/m0/s1. The quantitative estimate of drug-likeness (QED) is 0.157. The topological polar surface area (TPSA) is 279 Å². The van der Waals surface area contributed by atoms with Crippen molar-refractivity contribution in [2.24, 2.45) is 17.8 Å². The lowest BCUT2D eigenvalue weighted by molar-refractivity contribution is -0.150. The number of halogens is 4. The number of carbonyl (C=O) groups excluding carboxylic acids is 12. The molecule has 0 bridgehead atoms. The Kier molecular flexibility index (Phi) is 30.9. The maximum atomic E-state index is 15.5. The summed E-state index contributed by atoms with van der Waals surface area (Å²) in [5, 5.41) is 11.4. The summed E-state index contributed by atoms with van der Waals surface area (Å²) in [7, 11) is 9.44. The van der Waals surface area contributed by atoms with E-state index in [4.69, 9.17) is 11.6 Å². The Hall–Kier alpha value is -8.62. The van der Waals surface area contributed by atoms with Crippen LogP contribution in [-0.2, 0) is 83.0 Å². The van der Waals surface area contributed by atoms with Gasteiger partial charge in [-0.25, -0.2) is 0 Å². The third-order valence-corrected chi connectivity index (χ3v) is 19.0. The molecule has 3 aromatic rings. The smallest absolute Gasteiger partial charge is 0.343 e. The van der Waals surface area contributed by atoms with Crippen molar-refractivity contribution in [3.05, 3.63) is 106 Å². The highest BCUT2D eigenvalue weighted by Crippen LogP contribution is 2.30. The van der Waals surface area contributed by atoms with Gasteiger partial charge in [0.15, 0.2) is 0 Å². The normalized spacial score (nSPS) is 23.5. The number of benzene rings is 3. The molecule has 0 saturated carbocycles. The second-order valence-electron chi connectivity index (χ2n) is 27.5. The molecule has 0 aliphatic carbocycles. The fourth-order valence-electron chi connectivity index (χ4n) is 12.0. The summed E-state index contributed by atoms with van der Waals surface area (Å²) < 4.78 is 41.1. The number of carbonyl (C=O) groups is 12. The predicted octanol–water partition coefficient (Wildman–Crippen LogP) is 4.97. The summed E-state index contributed by atoms with van der Waals surface area (Å²) in [4.78, 5) is 185. The highest BCUT2D eigenvalue weighted by molar-refractivity contribution is 6.30. The Bertz CT molecular complexity index is 3340. The molecule has 24 nitrogen and oxygen atoms in total. The molecule has 2 fully saturated rings. The van der Waals surface area contributed by atoms with E-state index < -0.39 is 163 Å². The summed E-state index contributed by atoms with van der Waals surface area (Å²) in [6, 6.07) is 8.93. The molecule has 2 heterocycles. The lowest BCUT2D eigenvalue weighted by Crippen LogP contribution is -2.60. The van der Waals surface area contributed by atoms with Crippen LogP contribution in [0.2, 0.25) is 5.02 Å².